The van der Waals surface area contributed by atoms with Crippen LogP contribution in [0.1, 0.15) is 27.8 Å². The number of aromatic nitrogens is 2. The summed E-state index contributed by atoms with van der Waals surface area (Å²) in [7, 11) is 0. The fourth-order valence-corrected chi connectivity index (χ4v) is 2.96. The molecule has 3 aromatic rings. The molecule has 0 saturated carbocycles. The minimum atomic E-state index is 0.367. The van der Waals surface area contributed by atoms with Gasteiger partial charge in [0, 0.05) is 11.8 Å². The molecule has 0 aliphatic rings. The summed E-state index contributed by atoms with van der Waals surface area (Å²) < 4.78 is 1.76. The highest BCUT2D eigenvalue weighted by Gasteiger charge is 2.20. The maximum absolute atomic E-state index is 11.4. The van der Waals surface area contributed by atoms with Gasteiger partial charge in [-0.1, -0.05) is 6.07 Å². The molecule has 22 heavy (non-hydrogen) atoms. The van der Waals surface area contributed by atoms with Crippen LogP contribution in [0.2, 0.25) is 0 Å². The van der Waals surface area contributed by atoms with Gasteiger partial charge in [-0.2, -0.15) is 0 Å². The predicted molar refractivity (Wildman–Crippen MR) is 89.8 cm³/mol. The summed E-state index contributed by atoms with van der Waals surface area (Å²) in [6.07, 6.45) is 1.85. The van der Waals surface area contributed by atoms with Gasteiger partial charge in [0.05, 0.1) is 0 Å². The molecule has 2 aromatic heterocycles. The van der Waals surface area contributed by atoms with Gasteiger partial charge in [-0.25, -0.2) is 4.98 Å². The lowest BCUT2D eigenvalue weighted by molar-refractivity contribution is 1.15. The number of nitroso groups, excluding NO2 is 1. The molecule has 1 aromatic carbocycles. The lowest BCUT2D eigenvalue weighted by Gasteiger charge is -2.13. The molecule has 0 aliphatic heterocycles. The third-order valence-electron chi connectivity index (χ3n) is 4.45. The molecule has 0 N–H and O–H groups in total. The highest BCUT2D eigenvalue weighted by molar-refractivity contribution is 5.80. The van der Waals surface area contributed by atoms with E-state index in [0.29, 0.717) is 11.5 Å². The van der Waals surface area contributed by atoms with E-state index in [2.05, 4.69) is 43.9 Å². The number of hydrogen-bond acceptors (Lipinski definition) is 3. The zero-order valence-electron chi connectivity index (χ0n) is 13.6. The zero-order valence-corrected chi connectivity index (χ0v) is 13.6. The van der Waals surface area contributed by atoms with E-state index in [1.807, 2.05) is 25.3 Å². The summed E-state index contributed by atoms with van der Waals surface area (Å²) in [5, 5.41) is 3.26. The van der Waals surface area contributed by atoms with E-state index in [1.54, 1.807) is 4.40 Å². The number of nitrogens with zero attached hydrogens (tertiary/aromatic N) is 3. The van der Waals surface area contributed by atoms with Crippen molar-refractivity contribution in [2.45, 2.75) is 34.6 Å². The molecule has 0 unspecified atom stereocenters. The smallest absolute Gasteiger partial charge is 0.209 e. The molecule has 4 nitrogen and oxygen atoms in total. The van der Waals surface area contributed by atoms with Crippen LogP contribution in [0.25, 0.3) is 16.9 Å². The predicted octanol–water partition coefficient (Wildman–Crippen LogP) is 4.94. The van der Waals surface area contributed by atoms with Gasteiger partial charge in [0.15, 0.2) is 0 Å². The van der Waals surface area contributed by atoms with Crippen molar-refractivity contribution in [3.05, 3.63) is 57.1 Å². The van der Waals surface area contributed by atoms with E-state index < -0.39 is 0 Å². The highest BCUT2D eigenvalue weighted by atomic mass is 16.3. The van der Waals surface area contributed by atoms with Crippen LogP contribution in [-0.4, -0.2) is 9.38 Å². The SMILES string of the molecule is Cc1ccn2c(N=O)c(-c3c(C)c(C)cc(C)c3C)nc2c1. The van der Waals surface area contributed by atoms with Crippen LogP contribution in [-0.2, 0) is 0 Å². The van der Waals surface area contributed by atoms with Crippen LogP contribution in [0.5, 0.6) is 0 Å². The van der Waals surface area contributed by atoms with Gasteiger partial charge in [-0.05, 0) is 79.7 Å². The second kappa shape index (κ2) is 5.05. The maximum Gasteiger partial charge on any atom is 0.209 e. The Labute approximate surface area is 129 Å². The molecule has 0 bridgehead atoms. The lowest BCUT2D eigenvalue weighted by atomic mass is 9.92. The van der Waals surface area contributed by atoms with Crippen LogP contribution < -0.4 is 0 Å². The Hall–Kier alpha value is -2.49. The van der Waals surface area contributed by atoms with Crippen LogP contribution in [0.3, 0.4) is 0 Å². The first-order chi connectivity index (χ1) is 10.4. The monoisotopic (exact) mass is 293 g/mol. The summed E-state index contributed by atoms with van der Waals surface area (Å²) in [4.78, 5) is 16.1. The molecule has 3 rings (SSSR count). The fraction of sp³-hybridized carbons (Fsp3) is 0.278. The van der Waals surface area contributed by atoms with Crippen molar-refractivity contribution in [2.24, 2.45) is 5.18 Å². The number of benzene rings is 1. The van der Waals surface area contributed by atoms with Crippen molar-refractivity contribution in [3.63, 3.8) is 0 Å². The molecule has 4 heteroatoms. The summed E-state index contributed by atoms with van der Waals surface area (Å²) in [5.41, 5.74) is 8.24. The van der Waals surface area contributed by atoms with Crippen LogP contribution in [0, 0.1) is 39.5 Å². The second-order valence-corrected chi connectivity index (χ2v) is 5.94. The molecule has 0 atom stereocenters. The Bertz CT molecular complexity index is 880. The molecular formula is C18H19N3O. The number of imidazole rings is 1. The molecule has 0 aliphatic carbocycles. The number of aryl methyl sites for hydroxylation is 3. The second-order valence-electron chi connectivity index (χ2n) is 5.94. The highest BCUT2D eigenvalue weighted by Crippen LogP contribution is 2.37. The van der Waals surface area contributed by atoms with Crippen LogP contribution >= 0.6 is 0 Å². The zero-order chi connectivity index (χ0) is 16.0. The Morgan fingerprint density at radius 3 is 2.23 bits per heavy atom. The van der Waals surface area contributed by atoms with Gasteiger partial charge in [0.1, 0.15) is 11.3 Å². The summed E-state index contributed by atoms with van der Waals surface area (Å²) in [6, 6.07) is 6.09. The van der Waals surface area contributed by atoms with Crippen LogP contribution in [0.15, 0.2) is 29.6 Å². The maximum atomic E-state index is 11.4. The quantitative estimate of drug-likeness (QED) is 0.628. The van der Waals surface area contributed by atoms with E-state index in [0.717, 1.165) is 27.9 Å². The van der Waals surface area contributed by atoms with E-state index in [1.165, 1.54) is 11.1 Å². The minimum absolute atomic E-state index is 0.367. The number of rotatable bonds is 2. The van der Waals surface area contributed by atoms with Crippen molar-refractivity contribution in [3.8, 4) is 11.3 Å². The number of fused-ring (bicyclic) bond motifs is 1. The van der Waals surface area contributed by atoms with Crippen molar-refractivity contribution in [1.29, 1.82) is 0 Å². The van der Waals surface area contributed by atoms with Gasteiger partial charge >= 0.3 is 0 Å². The molecule has 112 valence electrons. The van der Waals surface area contributed by atoms with Crippen LogP contribution in [0.4, 0.5) is 5.82 Å². The third-order valence-corrected chi connectivity index (χ3v) is 4.45. The fourth-order valence-electron chi connectivity index (χ4n) is 2.96. The number of pyridine rings is 1. The van der Waals surface area contributed by atoms with Gasteiger partial charge in [-0.15, -0.1) is 4.91 Å². The van der Waals surface area contributed by atoms with E-state index >= 15 is 0 Å². The standard InChI is InChI=1S/C18H19N3O/c1-10-6-7-21-15(8-10)19-17(18(21)20-22)16-13(4)11(2)9-12(3)14(16)5/h6-9H,1-5H3. The molecule has 0 fully saturated rings. The third kappa shape index (κ3) is 2.03. The summed E-state index contributed by atoms with van der Waals surface area (Å²) >= 11 is 0. The Morgan fingerprint density at radius 2 is 1.64 bits per heavy atom. The summed E-state index contributed by atoms with van der Waals surface area (Å²) in [5.74, 6) is 0.367. The van der Waals surface area contributed by atoms with Crippen molar-refractivity contribution in [2.75, 3.05) is 0 Å². The van der Waals surface area contributed by atoms with E-state index in [4.69, 9.17) is 0 Å². The largest absolute Gasteiger partial charge is 0.281 e. The summed E-state index contributed by atoms with van der Waals surface area (Å²) in [6.45, 7) is 10.3. The average molecular weight is 293 g/mol. The topological polar surface area (TPSA) is 46.7 Å². The van der Waals surface area contributed by atoms with Crippen molar-refractivity contribution in [1.82, 2.24) is 9.38 Å². The van der Waals surface area contributed by atoms with E-state index in [-0.39, 0.29) is 0 Å². The first kappa shape index (κ1) is 14.4. The molecule has 0 spiro atoms. The Morgan fingerprint density at radius 1 is 1.00 bits per heavy atom. The molecule has 0 radical (unpaired) electrons. The van der Waals surface area contributed by atoms with Crippen molar-refractivity contribution >= 4 is 11.5 Å². The molecule has 0 amide bonds. The van der Waals surface area contributed by atoms with E-state index in [9.17, 15) is 4.91 Å². The van der Waals surface area contributed by atoms with Gasteiger partial charge < -0.3 is 0 Å². The first-order valence-electron chi connectivity index (χ1n) is 7.34. The van der Waals surface area contributed by atoms with Gasteiger partial charge in [-0.3, -0.25) is 4.40 Å². The molecule has 0 saturated heterocycles. The van der Waals surface area contributed by atoms with Crippen molar-refractivity contribution < 1.29 is 0 Å². The normalized spacial score (nSPS) is 11.1. The first-order valence-corrected chi connectivity index (χ1v) is 7.34. The Kier molecular flexibility index (Phi) is 3.32. The Balaban J connectivity index is 2.43. The molecule has 2 heterocycles. The minimum Gasteiger partial charge on any atom is -0.281 e. The van der Waals surface area contributed by atoms with Gasteiger partial charge in [0.25, 0.3) is 0 Å². The van der Waals surface area contributed by atoms with Gasteiger partial charge in [0.2, 0.25) is 5.82 Å². The number of hydrogen-bond donors (Lipinski definition) is 0. The lowest BCUT2D eigenvalue weighted by Crippen LogP contribution is -1.95. The average Bonchev–Trinajstić information content (AvgIpc) is 2.82. The molecular weight excluding hydrogens is 274 g/mol.